The lowest BCUT2D eigenvalue weighted by Crippen LogP contribution is -2.30. The molecule has 0 bridgehead atoms. The van der Waals surface area contributed by atoms with E-state index in [1.54, 1.807) is 24.1 Å². The van der Waals surface area contributed by atoms with Crippen LogP contribution >= 0.6 is 0 Å². The first kappa shape index (κ1) is 22.1. The molecule has 0 saturated heterocycles. The van der Waals surface area contributed by atoms with Crippen molar-refractivity contribution in [2.24, 2.45) is 17.3 Å². The molecular formula is C22H38O3. The molecule has 0 spiro atoms. The maximum Gasteiger partial charge on any atom is 0.0858 e. The summed E-state index contributed by atoms with van der Waals surface area (Å²) >= 11 is 0. The molecule has 0 fully saturated rings. The van der Waals surface area contributed by atoms with Gasteiger partial charge in [-0.15, -0.1) is 0 Å². The molecule has 1 aliphatic carbocycles. The van der Waals surface area contributed by atoms with Gasteiger partial charge in [-0.2, -0.15) is 0 Å². The Balaban J connectivity index is 2.80. The third kappa shape index (κ3) is 6.40. The van der Waals surface area contributed by atoms with Crippen molar-refractivity contribution in [3.05, 3.63) is 34.9 Å². The second-order valence-electron chi connectivity index (χ2n) is 8.46. The maximum atomic E-state index is 9.78. The molecule has 4 atom stereocenters. The van der Waals surface area contributed by atoms with Crippen molar-refractivity contribution in [3.63, 3.8) is 0 Å². The van der Waals surface area contributed by atoms with E-state index in [1.165, 1.54) is 24.8 Å². The van der Waals surface area contributed by atoms with Crippen molar-refractivity contribution in [2.45, 2.75) is 79.4 Å². The molecule has 144 valence electrons. The Morgan fingerprint density at radius 1 is 1.24 bits per heavy atom. The number of rotatable bonds is 8. The monoisotopic (exact) mass is 350 g/mol. The quantitative estimate of drug-likeness (QED) is 0.449. The van der Waals surface area contributed by atoms with Crippen molar-refractivity contribution >= 4 is 0 Å². The molecular weight excluding hydrogens is 312 g/mol. The van der Waals surface area contributed by atoms with Gasteiger partial charge < -0.3 is 15.3 Å². The van der Waals surface area contributed by atoms with Crippen LogP contribution in [-0.4, -0.2) is 34.1 Å². The third-order valence-electron chi connectivity index (χ3n) is 5.85. The Labute approximate surface area is 154 Å². The van der Waals surface area contributed by atoms with E-state index in [2.05, 4.69) is 40.7 Å². The van der Waals surface area contributed by atoms with Crippen LogP contribution in [0.15, 0.2) is 34.9 Å². The highest BCUT2D eigenvalue weighted by atomic mass is 16.3. The van der Waals surface area contributed by atoms with Crippen LogP contribution in [0.5, 0.6) is 0 Å². The average Bonchev–Trinajstić information content (AvgIpc) is 2.53. The van der Waals surface area contributed by atoms with E-state index < -0.39 is 18.1 Å². The molecule has 3 nitrogen and oxygen atoms in total. The summed E-state index contributed by atoms with van der Waals surface area (Å²) in [5, 5.41) is 28.6. The summed E-state index contributed by atoms with van der Waals surface area (Å²) in [6.45, 7) is 12.7. The van der Waals surface area contributed by atoms with Crippen LogP contribution in [-0.2, 0) is 0 Å². The van der Waals surface area contributed by atoms with E-state index in [4.69, 9.17) is 5.11 Å². The second kappa shape index (κ2) is 9.70. The summed E-state index contributed by atoms with van der Waals surface area (Å²) in [5.74, 6) is 0.00586. The van der Waals surface area contributed by atoms with Gasteiger partial charge >= 0.3 is 0 Å². The Bertz CT molecular complexity index is 511. The fraction of sp³-hybridized carbons (Fsp3) is 0.727. The highest BCUT2D eigenvalue weighted by Crippen LogP contribution is 2.43. The van der Waals surface area contributed by atoms with Crippen LogP contribution in [0.25, 0.3) is 0 Å². The minimum atomic E-state index is -0.932. The van der Waals surface area contributed by atoms with Gasteiger partial charge in [0, 0.05) is 5.92 Å². The van der Waals surface area contributed by atoms with Crippen LogP contribution in [0.2, 0.25) is 0 Å². The van der Waals surface area contributed by atoms with Gasteiger partial charge in [-0.1, -0.05) is 55.7 Å². The molecule has 0 aromatic rings. The van der Waals surface area contributed by atoms with Crippen molar-refractivity contribution in [3.8, 4) is 0 Å². The minimum Gasteiger partial charge on any atom is -0.394 e. The third-order valence-corrected chi connectivity index (χ3v) is 5.85. The zero-order valence-electron chi connectivity index (χ0n) is 16.9. The lowest BCUT2D eigenvalue weighted by atomic mass is 9.69. The zero-order chi connectivity index (χ0) is 19.2. The Hall–Kier alpha value is -0.900. The minimum absolute atomic E-state index is 0.301. The molecule has 0 aliphatic heterocycles. The van der Waals surface area contributed by atoms with E-state index in [9.17, 15) is 10.2 Å². The van der Waals surface area contributed by atoms with Crippen LogP contribution in [0.4, 0.5) is 0 Å². The molecule has 0 heterocycles. The number of aliphatic hydroxyl groups excluding tert-OH is 3. The highest BCUT2D eigenvalue weighted by Gasteiger charge is 2.29. The number of hydrogen-bond acceptors (Lipinski definition) is 3. The second-order valence-corrected chi connectivity index (χ2v) is 8.46. The molecule has 1 rings (SSSR count). The summed E-state index contributed by atoms with van der Waals surface area (Å²) in [5.41, 5.74) is 4.77. The number of hydrogen-bond donors (Lipinski definition) is 3. The fourth-order valence-electron chi connectivity index (χ4n) is 3.82. The topological polar surface area (TPSA) is 60.7 Å². The van der Waals surface area contributed by atoms with Gasteiger partial charge in [0.15, 0.2) is 0 Å². The molecule has 0 radical (unpaired) electrons. The summed E-state index contributed by atoms with van der Waals surface area (Å²) in [6, 6.07) is 0. The largest absolute Gasteiger partial charge is 0.394 e. The summed E-state index contributed by atoms with van der Waals surface area (Å²) in [4.78, 5) is 0. The maximum absolute atomic E-state index is 9.78. The van der Waals surface area contributed by atoms with Gasteiger partial charge in [0.2, 0.25) is 0 Å². The first-order chi connectivity index (χ1) is 11.6. The molecule has 0 aromatic heterocycles. The average molecular weight is 351 g/mol. The fourth-order valence-corrected chi connectivity index (χ4v) is 3.82. The summed E-state index contributed by atoms with van der Waals surface area (Å²) in [7, 11) is 0. The molecule has 0 aromatic carbocycles. The molecule has 0 saturated carbocycles. The van der Waals surface area contributed by atoms with Crippen LogP contribution in [0, 0.1) is 17.3 Å². The number of aliphatic hydroxyl groups is 3. The summed E-state index contributed by atoms with van der Waals surface area (Å²) < 4.78 is 0. The normalized spacial score (nSPS) is 23.6. The van der Waals surface area contributed by atoms with Crippen molar-refractivity contribution < 1.29 is 15.3 Å². The van der Waals surface area contributed by atoms with Gasteiger partial charge in [-0.3, -0.25) is 0 Å². The van der Waals surface area contributed by atoms with Gasteiger partial charge in [-0.05, 0) is 57.8 Å². The van der Waals surface area contributed by atoms with Crippen LogP contribution < -0.4 is 0 Å². The molecule has 3 N–H and O–H groups in total. The Morgan fingerprint density at radius 3 is 2.40 bits per heavy atom. The highest BCUT2D eigenvalue weighted by molar-refractivity contribution is 5.25. The zero-order valence-corrected chi connectivity index (χ0v) is 16.9. The lowest BCUT2D eigenvalue weighted by molar-refractivity contribution is 0.0116. The van der Waals surface area contributed by atoms with Gasteiger partial charge in [-0.25, -0.2) is 0 Å². The first-order valence-corrected chi connectivity index (χ1v) is 9.61. The van der Waals surface area contributed by atoms with E-state index in [0.29, 0.717) is 11.3 Å². The number of allylic oxidation sites excluding steroid dienone is 5. The van der Waals surface area contributed by atoms with Crippen molar-refractivity contribution in [1.82, 2.24) is 0 Å². The molecule has 4 unspecified atom stereocenters. The van der Waals surface area contributed by atoms with E-state index in [-0.39, 0.29) is 6.61 Å². The molecule has 25 heavy (non-hydrogen) atoms. The Kier molecular flexibility index (Phi) is 8.59. The predicted molar refractivity (Wildman–Crippen MR) is 105 cm³/mol. The van der Waals surface area contributed by atoms with E-state index >= 15 is 0 Å². The van der Waals surface area contributed by atoms with Crippen molar-refractivity contribution in [1.29, 1.82) is 0 Å². The van der Waals surface area contributed by atoms with E-state index in [0.717, 1.165) is 6.42 Å². The summed E-state index contributed by atoms with van der Waals surface area (Å²) in [6.07, 6.45) is 9.00. The van der Waals surface area contributed by atoms with Crippen LogP contribution in [0.1, 0.15) is 67.2 Å². The van der Waals surface area contributed by atoms with Gasteiger partial charge in [0.05, 0.1) is 18.8 Å². The van der Waals surface area contributed by atoms with Crippen LogP contribution in [0.3, 0.4) is 0 Å². The SMILES string of the molecule is CC1=C(CC(C)/C(C)=C/C=C/C(C(C)O)C(O)CO)C(C)(C)CCC1. The molecule has 3 heteroatoms. The first-order valence-electron chi connectivity index (χ1n) is 9.61. The van der Waals surface area contributed by atoms with E-state index in [1.807, 2.05) is 6.08 Å². The smallest absolute Gasteiger partial charge is 0.0858 e. The van der Waals surface area contributed by atoms with Crippen molar-refractivity contribution in [2.75, 3.05) is 6.61 Å². The Morgan fingerprint density at radius 2 is 1.88 bits per heavy atom. The molecule has 0 amide bonds. The molecule has 1 aliphatic rings. The standard InChI is InChI=1S/C22H38O3/c1-15(9-7-11-19(18(4)24)21(25)14-23)17(3)13-20-16(2)10-8-12-22(20,5)6/h7,9,11,17-19,21,23-25H,8,10,12-14H2,1-6H3/b11-7+,15-9+. The van der Waals surface area contributed by atoms with Gasteiger partial charge in [0.1, 0.15) is 0 Å². The predicted octanol–water partition coefficient (Wildman–Crippen LogP) is 4.39. The van der Waals surface area contributed by atoms with Gasteiger partial charge in [0.25, 0.3) is 0 Å². The lowest BCUT2D eigenvalue weighted by Gasteiger charge is -2.36.